The van der Waals surface area contributed by atoms with E-state index in [1.165, 1.54) is 0 Å². The highest BCUT2D eigenvalue weighted by Crippen LogP contribution is 2.23. The third-order valence-corrected chi connectivity index (χ3v) is 3.29. The predicted molar refractivity (Wildman–Crippen MR) is 63.5 cm³/mol. The number of piperidine rings is 1. The fourth-order valence-corrected chi connectivity index (χ4v) is 2.25. The van der Waals surface area contributed by atoms with Crippen LogP contribution in [0.15, 0.2) is 4.52 Å². The first-order valence-electron chi connectivity index (χ1n) is 6.45. The van der Waals surface area contributed by atoms with Crippen molar-refractivity contribution in [1.29, 1.82) is 0 Å². The number of hydrogen-bond acceptors (Lipinski definition) is 5. The zero-order valence-corrected chi connectivity index (χ0v) is 10.6. The van der Waals surface area contributed by atoms with E-state index in [1.54, 1.807) is 0 Å². The van der Waals surface area contributed by atoms with Gasteiger partial charge in [0.1, 0.15) is 0 Å². The van der Waals surface area contributed by atoms with Crippen molar-refractivity contribution in [3.8, 4) is 0 Å². The molecule has 0 amide bonds. The summed E-state index contributed by atoms with van der Waals surface area (Å²) < 4.78 is 5.28. The molecule has 0 aromatic carbocycles. The normalized spacial score (nSPS) is 23.8. The first-order valence-corrected chi connectivity index (χ1v) is 6.45. The van der Waals surface area contributed by atoms with Gasteiger partial charge in [0, 0.05) is 13.0 Å². The second kappa shape index (κ2) is 5.60. The van der Waals surface area contributed by atoms with Crippen LogP contribution in [0.3, 0.4) is 0 Å². The van der Waals surface area contributed by atoms with Crippen molar-refractivity contribution in [2.75, 3.05) is 13.1 Å². The van der Waals surface area contributed by atoms with E-state index < -0.39 is 0 Å². The average molecular weight is 239 g/mol. The van der Waals surface area contributed by atoms with Gasteiger partial charge in [-0.15, -0.1) is 0 Å². The Morgan fingerprint density at radius 3 is 3.12 bits per heavy atom. The van der Waals surface area contributed by atoms with Crippen LogP contribution in [0.2, 0.25) is 0 Å². The molecule has 5 nitrogen and oxygen atoms in total. The lowest BCUT2D eigenvalue weighted by Gasteiger charge is -2.32. The van der Waals surface area contributed by atoms with Crippen LogP contribution in [-0.4, -0.2) is 39.3 Å². The van der Waals surface area contributed by atoms with Crippen LogP contribution in [0.1, 0.15) is 50.9 Å². The largest absolute Gasteiger partial charge is 0.392 e. The molecule has 0 aliphatic carbocycles. The van der Waals surface area contributed by atoms with E-state index in [-0.39, 0.29) is 12.1 Å². The number of aryl methyl sites for hydroxylation is 1. The molecule has 2 rings (SSSR count). The lowest BCUT2D eigenvalue weighted by Crippen LogP contribution is -2.39. The molecule has 0 radical (unpaired) electrons. The van der Waals surface area contributed by atoms with Crippen molar-refractivity contribution in [2.24, 2.45) is 0 Å². The molecule has 1 N–H and O–H groups in total. The molecule has 17 heavy (non-hydrogen) atoms. The topological polar surface area (TPSA) is 62.4 Å². The molecule has 1 aliphatic heterocycles. The van der Waals surface area contributed by atoms with Gasteiger partial charge < -0.3 is 9.63 Å². The van der Waals surface area contributed by atoms with Gasteiger partial charge in [-0.2, -0.15) is 4.98 Å². The van der Waals surface area contributed by atoms with E-state index in [1.807, 2.05) is 0 Å². The van der Waals surface area contributed by atoms with E-state index in [9.17, 15) is 5.11 Å². The Labute approximate surface area is 102 Å². The predicted octanol–water partition coefficient (Wildman–Crippen LogP) is 1.54. The van der Waals surface area contributed by atoms with E-state index in [0.717, 1.165) is 38.1 Å². The molecule has 1 fully saturated rings. The molecule has 96 valence electrons. The number of aliphatic hydroxyl groups is 1. The highest BCUT2D eigenvalue weighted by atomic mass is 16.5. The summed E-state index contributed by atoms with van der Waals surface area (Å²) >= 11 is 0. The van der Waals surface area contributed by atoms with E-state index in [2.05, 4.69) is 28.9 Å². The van der Waals surface area contributed by atoms with Gasteiger partial charge in [0.05, 0.1) is 12.1 Å². The number of nitrogens with zero attached hydrogens (tertiary/aromatic N) is 3. The molecule has 0 spiro atoms. The van der Waals surface area contributed by atoms with Crippen LogP contribution in [0.5, 0.6) is 0 Å². The second-order valence-electron chi connectivity index (χ2n) is 4.77. The summed E-state index contributed by atoms with van der Waals surface area (Å²) in [5, 5.41) is 13.6. The first kappa shape index (κ1) is 12.5. The third-order valence-electron chi connectivity index (χ3n) is 3.29. The lowest BCUT2D eigenvalue weighted by molar-refractivity contribution is 0.0422. The van der Waals surface area contributed by atoms with Gasteiger partial charge in [0.25, 0.3) is 0 Å². The molecule has 5 heteroatoms. The minimum absolute atomic E-state index is 0.100. The summed E-state index contributed by atoms with van der Waals surface area (Å²) in [7, 11) is 0. The van der Waals surface area contributed by atoms with Gasteiger partial charge in [-0.3, -0.25) is 4.90 Å². The van der Waals surface area contributed by atoms with E-state index in [4.69, 9.17) is 4.52 Å². The summed E-state index contributed by atoms with van der Waals surface area (Å²) in [6.07, 6.45) is 3.59. The SMILES string of the molecule is CCCc1noc([C@@H](C)N2CCC[C@H](O)C2)n1. The number of hydrogen-bond donors (Lipinski definition) is 1. The molecule has 0 unspecified atom stereocenters. The number of aliphatic hydroxyl groups excluding tert-OH is 1. The van der Waals surface area contributed by atoms with Crippen LogP contribution in [-0.2, 0) is 6.42 Å². The number of likely N-dealkylation sites (tertiary alicyclic amines) is 1. The summed E-state index contributed by atoms with van der Waals surface area (Å²) in [6, 6.07) is 0.100. The van der Waals surface area contributed by atoms with Crippen LogP contribution in [0.25, 0.3) is 0 Å². The molecule has 1 aromatic heterocycles. The fourth-order valence-electron chi connectivity index (χ4n) is 2.25. The third kappa shape index (κ3) is 3.04. The van der Waals surface area contributed by atoms with Crippen LogP contribution in [0, 0.1) is 0 Å². The van der Waals surface area contributed by atoms with Crippen molar-refractivity contribution in [3.63, 3.8) is 0 Å². The number of rotatable bonds is 4. The van der Waals surface area contributed by atoms with Gasteiger partial charge in [-0.25, -0.2) is 0 Å². The summed E-state index contributed by atoms with van der Waals surface area (Å²) in [6.45, 7) is 5.85. The Morgan fingerprint density at radius 2 is 2.41 bits per heavy atom. The molecule has 0 saturated carbocycles. The molecule has 1 aliphatic rings. The van der Waals surface area contributed by atoms with Crippen LogP contribution >= 0.6 is 0 Å². The van der Waals surface area contributed by atoms with Crippen LogP contribution < -0.4 is 0 Å². The highest BCUT2D eigenvalue weighted by molar-refractivity contribution is 4.93. The molecule has 1 saturated heterocycles. The van der Waals surface area contributed by atoms with Gasteiger partial charge in [0.15, 0.2) is 5.82 Å². The van der Waals surface area contributed by atoms with Crippen molar-refractivity contribution < 1.29 is 9.63 Å². The van der Waals surface area contributed by atoms with E-state index >= 15 is 0 Å². The van der Waals surface area contributed by atoms with Crippen molar-refractivity contribution in [2.45, 2.75) is 51.7 Å². The summed E-state index contributed by atoms with van der Waals surface area (Å²) in [5.41, 5.74) is 0. The highest BCUT2D eigenvalue weighted by Gasteiger charge is 2.26. The Morgan fingerprint density at radius 1 is 1.59 bits per heavy atom. The second-order valence-corrected chi connectivity index (χ2v) is 4.77. The van der Waals surface area contributed by atoms with Gasteiger partial charge in [-0.1, -0.05) is 12.1 Å². The number of aromatic nitrogens is 2. The van der Waals surface area contributed by atoms with E-state index in [0.29, 0.717) is 12.4 Å². The minimum atomic E-state index is -0.218. The molecule has 2 heterocycles. The summed E-state index contributed by atoms with van der Waals surface area (Å²) in [4.78, 5) is 6.60. The minimum Gasteiger partial charge on any atom is -0.392 e. The molecule has 2 atom stereocenters. The zero-order valence-electron chi connectivity index (χ0n) is 10.6. The quantitative estimate of drug-likeness (QED) is 0.863. The zero-order chi connectivity index (χ0) is 12.3. The lowest BCUT2D eigenvalue weighted by atomic mass is 10.1. The Balaban J connectivity index is 1.99. The maximum absolute atomic E-state index is 9.66. The first-order chi connectivity index (χ1) is 8.20. The molecular weight excluding hydrogens is 218 g/mol. The van der Waals surface area contributed by atoms with Crippen molar-refractivity contribution in [3.05, 3.63) is 11.7 Å². The maximum Gasteiger partial charge on any atom is 0.243 e. The molecule has 0 bridgehead atoms. The summed E-state index contributed by atoms with van der Waals surface area (Å²) in [5.74, 6) is 1.45. The smallest absolute Gasteiger partial charge is 0.243 e. The Hall–Kier alpha value is -0.940. The number of β-amino-alcohol motifs (C(OH)–C–C–N with tert-alkyl or cyclic N) is 1. The Bertz CT molecular complexity index is 353. The van der Waals surface area contributed by atoms with Crippen molar-refractivity contribution >= 4 is 0 Å². The van der Waals surface area contributed by atoms with Crippen molar-refractivity contribution in [1.82, 2.24) is 15.0 Å². The molecule has 1 aromatic rings. The monoisotopic (exact) mass is 239 g/mol. The maximum atomic E-state index is 9.66. The average Bonchev–Trinajstić information content (AvgIpc) is 2.77. The van der Waals surface area contributed by atoms with Crippen LogP contribution in [0.4, 0.5) is 0 Å². The fraction of sp³-hybridized carbons (Fsp3) is 0.833. The van der Waals surface area contributed by atoms with Gasteiger partial charge in [0.2, 0.25) is 5.89 Å². The Kier molecular flexibility index (Phi) is 4.12. The molecular formula is C12H21N3O2. The van der Waals surface area contributed by atoms with Gasteiger partial charge in [-0.05, 0) is 32.7 Å². The van der Waals surface area contributed by atoms with Gasteiger partial charge >= 0.3 is 0 Å². The standard InChI is InChI=1S/C12H21N3O2/c1-3-5-11-13-12(17-14-11)9(2)15-7-4-6-10(16)8-15/h9-10,16H,3-8H2,1-2H3/t9-,10+/m1/s1.